The molecule has 0 spiro atoms. The fourth-order valence-corrected chi connectivity index (χ4v) is 2.67. The van der Waals surface area contributed by atoms with Gasteiger partial charge < -0.3 is 14.6 Å². The molecule has 1 aromatic heterocycles. The molecule has 0 aliphatic carbocycles. The highest BCUT2D eigenvalue weighted by Crippen LogP contribution is 2.11. The maximum absolute atomic E-state index is 13.9. The molecule has 0 radical (unpaired) electrons. The van der Waals surface area contributed by atoms with E-state index < -0.39 is 0 Å². The van der Waals surface area contributed by atoms with E-state index >= 15 is 0 Å². The van der Waals surface area contributed by atoms with E-state index in [0.717, 1.165) is 18.8 Å². The minimum atomic E-state index is -0.263. The van der Waals surface area contributed by atoms with Gasteiger partial charge in [0.2, 0.25) is 0 Å². The fraction of sp³-hybridized carbons (Fsp3) is 0.368. The monoisotopic (exact) mass is 317 g/mol. The van der Waals surface area contributed by atoms with Gasteiger partial charge in [-0.3, -0.25) is 0 Å². The molecule has 0 aliphatic rings. The van der Waals surface area contributed by atoms with E-state index in [9.17, 15) is 9.50 Å². The fourth-order valence-electron chi connectivity index (χ4n) is 2.67. The first kappa shape index (κ1) is 17.4. The molecule has 0 bridgehead atoms. The van der Waals surface area contributed by atoms with Gasteiger partial charge in [0.25, 0.3) is 0 Å². The van der Waals surface area contributed by atoms with Gasteiger partial charge >= 0.3 is 0 Å². The number of aromatic nitrogens is 1. The van der Waals surface area contributed by atoms with Gasteiger partial charge in [-0.1, -0.05) is 24.8 Å². The van der Waals surface area contributed by atoms with E-state index in [1.165, 1.54) is 11.0 Å². The predicted octanol–water partition coefficient (Wildman–Crippen LogP) is 2.02. The van der Waals surface area contributed by atoms with Crippen molar-refractivity contribution in [3.8, 4) is 0 Å². The van der Waals surface area contributed by atoms with Gasteiger partial charge in [-0.05, 0) is 38.1 Å². The molecular formula is C19H26FN2O+. The van der Waals surface area contributed by atoms with Crippen LogP contribution in [0.25, 0.3) is 0 Å². The number of aliphatic hydroxyl groups is 1. The van der Waals surface area contributed by atoms with Crippen LogP contribution in [0.1, 0.15) is 25.1 Å². The lowest BCUT2D eigenvalue weighted by Crippen LogP contribution is -3.18. The minimum Gasteiger partial charge on any atom is -0.390 e. The van der Waals surface area contributed by atoms with E-state index in [-0.39, 0.29) is 18.0 Å². The molecule has 1 aromatic carbocycles. The number of hydrogen-bond donors (Lipinski definition) is 2. The van der Waals surface area contributed by atoms with E-state index in [2.05, 4.69) is 17.2 Å². The van der Waals surface area contributed by atoms with E-state index in [0.29, 0.717) is 12.1 Å². The number of hydrogen-bond acceptors (Lipinski definition) is 1. The molecule has 0 saturated carbocycles. The van der Waals surface area contributed by atoms with Crippen molar-refractivity contribution in [2.24, 2.45) is 0 Å². The average Bonchev–Trinajstić information content (AvgIpc) is 2.96. The van der Waals surface area contributed by atoms with Gasteiger partial charge in [0.05, 0.1) is 25.4 Å². The minimum absolute atomic E-state index is 0.101. The number of halogens is 1. The van der Waals surface area contributed by atoms with Crippen LogP contribution in [-0.2, 0) is 13.1 Å². The summed E-state index contributed by atoms with van der Waals surface area (Å²) in [4.78, 5) is 1.23. The van der Waals surface area contributed by atoms with Gasteiger partial charge in [0, 0.05) is 11.8 Å². The zero-order valence-corrected chi connectivity index (χ0v) is 13.9. The lowest BCUT2D eigenvalue weighted by molar-refractivity contribution is -0.957. The van der Waals surface area contributed by atoms with Crippen molar-refractivity contribution >= 4 is 0 Å². The third-order valence-corrected chi connectivity index (χ3v) is 4.36. The van der Waals surface area contributed by atoms with Gasteiger partial charge in [0.1, 0.15) is 17.9 Å². The molecule has 0 aliphatic heterocycles. The van der Waals surface area contributed by atoms with Crippen molar-refractivity contribution in [1.82, 2.24) is 4.57 Å². The van der Waals surface area contributed by atoms with E-state index in [4.69, 9.17) is 0 Å². The summed E-state index contributed by atoms with van der Waals surface area (Å²) in [7, 11) is 0. The smallest absolute Gasteiger partial charge is 0.128 e. The van der Waals surface area contributed by atoms with E-state index in [1.807, 2.05) is 44.3 Å². The largest absolute Gasteiger partial charge is 0.390 e. The normalized spacial score (nSPS) is 13.0. The second-order valence-electron chi connectivity index (χ2n) is 6.53. The molecule has 2 rings (SSSR count). The van der Waals surface area contributed by atoms with Crippen molar-refractivity contribution in [3.05, 3.63) is 72.3 Å². The zero-order valence-electron chi connectivity index (χ0n) is 13.9. The molecule has 1 unspecified atom stereocenters. The summed E-state index contributed by atoms with van der Waals surface area (Å²) in [5, 5.41) is 9.65. The number of nitrogens with zero attached hydrogens (tertiary/aromatic N) is 1. The van der Waals surface area contributed by atoms with Crippen molar-refractivity contribution in [2.45, 2.75) is 32.5 Å². The maximum Gasteiger partial charge on any atom is 0.128 e. The lowest BCUT2D eigenvalue weighted by atomic mass is 10.0. The van der Waals surface area contributed by atoms with Crippen molar-refractivity contribution in [3.63, 3.8) is 0 Å². The van der Waals surface area contributed by atoms with Crippen LogP contribution in [0, 0.1) is 5.82 Å². The summed E-state index contributed by atoms with van der Waals surface area (Å²) < 4.78 is 15.9. The number of benzene rings is 1. The Hall–Kier alpha value is -1.91. The van der Waals surface area contributed by atoms with Gasteiger partial charge in [-0.15, -0.1) is 0 Å². The molecule has 2 aromatic rings. The number of nitrogens with one attached hydrogen (secondary N) is 1. The van der Waals surface area contributed by atoms with E-state index in [1.54, 1.807) is 6.07 Å². The first-order valence-electron chi connectivity index (χ1n) is 7.92. The molecule has 23 heavy (non-hydrogen) atoms. The van der Waals surface area contributed by atoms with Crippen LogP contribution in [0.2, 0.25) is 0 Å². The quantitative estimate of drug-likeness (QED) is 0.717. The van der Waals surface area contributed by atoms with Gasteiger partial charge in [-0.25, -0.2) is 4.39 Å². The van der Waals surface area contributed by atoms with Crippen LogP contribution in [-0.4, -0.2) is 28.4 Å². The van der Waals surface area contributed by atoms with Crippen LogP contribution in [0.4, 0.5) is 4.39 Å². The molecular weight excluding hydrogens is 291 g/mol. The van der Waals surface area contributed by atoms with Crippen LogP contribution in [0.5, 0.6) is 0 Å². The highest BCUT2D eigenvalue weighted by molar-refractivity contribution is 5.19. The average molecular weight is 317 g/mol. The third-order valence-electron chi connectivity index (χ3n) is 4.36. The molecule has 1 atom stereocenters. The Balaban J connectivity index is 2.20. The Morgan fingerprint density at radius 3 is 2.65 bits per heavy atom. The predicted molar refractivity (Wildman–Crippen MR) is 90.8 cm³/mol. The molecule has 4 heteroatoms. The van der Waals surface area contributed by atoms with Crippen molar-refractivity contribution in [2.75, 3.05) is 13.2 Å². The van der Waals surface area contributed by atoms with Crippen LogP contribution >= 0.6 is 0 Å². The molecule has 1 heterocycles. The standard InChI is InChI=1S/C19H25FN2O/c1-4-11-22(19(2,3)15-23)14-17-9-7-12-21(17)13-16-8-5-6-10-18(16)20/h4-10,12,23H,1,11,13-15H2,2-3H3/p+1. The van der Waals surface area contributed by atoms with Crippen molar-refractivity contribution < 1.29 is 14.4 Å². The summed E-state index contributed by atoms with van der Waals surface area (Å²) in [6.07, 6.45) is 3.84. The van der Waals surface area contributed by atoms with Crippen LogP contribution < -0.4 is 4.90 Å². The molecule has 0 amide bonds. The second-order valence-corrected chi connectivity index (χ2v) is 6.53. The first-order valence-corrected chi connectivity index (χ1v) is 7.92. The lowest BCUT2D eigenvalue weighted by Gasteiger charge is -2.33. The Morgan fingerprint density at radius 1 is 1.26 bits per heavy atom. The molecule has 3 nitrogen and oxygen atoms in total. The number of quaternary nitrogens is 1. The van der Waals surface area contributed by atoms with Gasteiger partial charge in [-0.2, -0.15) is 0 Å². The van der Waals surface area contributed by atoms with Crippen LogP contribution in [0.15, 0.2) is 55.3 Å². The SMILES string of the molecule is C=CC[NH+](Cc1cccn1Cc1ccccc1F)C(C)(C)CO. The molecule has 0 fully saturated rings. The Bertz CT molecular complexity index is 648. The topological polar surface area (TPSA) is 29.6 Å². The number of rotatable bonds is 8. The van der Waals surface area contributed by atoms with Crippen molar-refractivity contribution in [1.29, 1.82) is 0 Å². The molecule has 0 saturated heterocycles. The third kappa shape index (κ3) is 4.30. The zero-order chi connectivity index (χ0) is 16.9. The maximum atomic E-state index is 13.9. The summed E-state index contributed by atoms with van der Waals surface area (Å²) in [6.45, 7) is 10.0. The Kier molecular flexibility index (Phi) is 5.74. The summed E-state index contributed by atoms with van der Waals surface area (Å²) in [6, 6.07) is 10.9. The highest BCUT2D eigenvalue weighted by atomic mass is 19.1. The highest BCUT2D eigenvalue weighted by Gasteiger charge is 2.29. The second kappa shape index (κ2) is 7.57. The summed E-state index contributed by atoms with van der Waals surface area (Å²) in [5.41, 5.74) is 1.53. The first-order chi connectivity index (χ1) is 11.0. The summed E-state index contributed by atoms with van der Waals surface area (Å²) in [5.74, 6) is -0.182. The Morgan fingerprint density at radius 2 is 2.00 bits per heavy atom. The molecule has 124 valence electrons. The van der Waals surface area contributed by atoms with Crippen LogP contribution in [0.3, 0.4) is 0 Å². The molecule has 2 N–H and O–H groups in total. The van der Waals surface area contributed by atoms with Gasteiger partial charge in [0.15, 0.2) is 0 Å². The Labute approximate surface area is 137 Å². The summed E-state index contributed by atoms with van der Waals surface area (Å²) >= 11 is 0. The number of aliphatic hydroxyl groups excluding tert-OH is 1.